The average molecular weight is 317 g/mol. The van der Waals surface area contributed by atoms with Crippen molar-refractivity contribution in [1.82, 2.24) is 4.90 Å². The van der Waals surface area contributed by atoms with Crippen LogP contribution in [0.3, 0.4) is 0 Å². The van der Waals surface area contributed by atoms with Gasteiger partial charge in [-0.05, 0) is 44.4 Å². The Kier molecular flexibility index (Phi) is 5.31. The van der Waals surface area contributed by atoms with Crippen LogP contribution in [0.2, 0.25) is 5.02 Å². The Bertz CT molecular complexity index is 699. The van der Waals surface area contributed by atoms with E-state index in [4.69, 9.17) is 11.6 Å². The lowest BCUT2D eigenvalue weighted by atomic mass is 10.1. The quantitative estimate of drug-likeness (QED) is 0.861. The molecule has 1 amide bonds. The van der Waals surface area contributed by atoms with Crippen LogP contribution in [-0.2, 0) is 0 Å². The highest BCUT2D eigenvalue weighted by molar-refractivity contribution is 6.31. The molecule has 2 aromatic rings. The van der Waals surface area contributed by atoms with Gasteiger partial charge in [0.2, 0.25) is 0 Å². The van der Waals surface area contributed by atoms with Crippen LogP contribution >= 0.6 is 11.6 Å². The Hall–Kier alpha value is -2.17. The number of likely N-dealkylation sites (N-methyl/N-ethyl adjacent to an activating group) is 1. The summed E-state index contributed by atoms with van der Waals surface area (Å²) < 4.78 is 0. The summed E-state index contributed by atoms with van der Waals surface area (Å²) in [6.07, 6.45) is 0. The van der Waals surface area contributed by atoms with E-state index >= 15 is 0 Å². The molecule has 0 saturated heterocycles. The van der Waals surface area contributed by atoms with Crippen molar-refractivity contribution in [2.24, 2.45) is 0 Å². The van der Waals surface area contributed by atoms with Gasteiger partial charge in [-0.3, -0.25) is 9.59 Å². The molecule has 0 bridgehead atoms. The second-order valence-electron chi connectivity index (χ2n) is 5.21. The summed E-state index contributed by atoms with van der Waals surface area (Å²) in [5, 5.41) is 3.27. The Morgan fingerprint density at radius 3 is 2.41 bits per heavy atom. The van der Waals surface area contributed by atoms with Gasteiger partial charge in [0.15, 0.2) is 5.78 Å². The highest BCUT2D eigenvalue weighted by Crippen LogP contribution is 2.15. The smallest absolute Gasteiger partial charge is 0.255 e. The van der Waals surface area contributed by atoms with Crippen molar-refractivity contribution in [2.45, 2.75) is 0 Å². The van der Waals surface area contributed by atoms with Crippen LogP contribution in [-0.4, -0.2) is 37.2 Å². The maximum atomic E-state index is 12.2. The highest BCUT2D eigenvalue weighted by Gasteiger charge is 2.10. The van der Waals surface area contributed by atoms with Crippen molar-refractivity contribution < 1.29 is 9.59 Å². The number of Topliss-reactive ketones (excluding diaryl/α,β-unsaturated/α-hetero) is 1. The van der Waals surface area contributed by atoms with E-state index in [1.54, 1.807) is 53.4 Å². The zero-order chi connectivity index (χ0) is 16.1. The lowest BCUT2D eigenvalue weighted by Crippen LogP contribution is -2.21. The van der Waals surface area contributed by atoms with Gasteiger partial charge in [-0.25, -0.2) is 0 Å². The van der Waals surface area contributed by atoms with Crippen LogP contribution in [0.4, 0.5) is 5.69 Å². The number of halogens is 1. The van der Waals surface area contributed by atoms with Crippen LogP contribution < -0.4 is 5.32 Å². The summed E-state index contributed by atoms with van der Waals surface area (Å²) in [7, 11) is 3.67. The summed E-state index contributed by atoms with van der Waals surface area (Å²) >= 11 is 5.88. The van der Waals surface area contributed by atoms with Gasteiger partial charge in [-0.15, -0.1) is 0 Å². The molecule has 0 saturated carbocycles. The summed E-state index contributed by atoms with van der Waals surface area (Å²) in [4.78, 5) is 26.0. The summed E-state index contributed by atoms with van der Waals surface area (Å²) in [6, 6.07) is 13.6. The molecule has 0 atom stereocenters. The number of ketones is 1. The molecule has 5 heteroatoms. The average Bonchev–Trinajstić information content (AvgIpc) is 2.47. The van der Waals surface area contributed by atoms with Gasteiger partial charge in [0, 0.05) is 21.8 Å². The van der Waals surface area contributed by atoms with E-state index in [1.807, 2.05) is 14.1 Å². The van der Waals surface area contributed by atoms with Crippen molar-refractivity contribution in [2.75, 3.05) is 26.0 Å². The minimum absolute atomic E-state index is 0.00357. The van der Waals surface area contributed by atoms with Crippen LogP contribution in [0.1, 0.15) is 20.7 Å². The predicted octanol–water partition coefficient (Wildman–Crippen LogP) is 3.34. The first-order valence-corrected chi connectivity index (χ1v) is 7.18. The monoisotopic (exact) mass is 316 g/mol. The lowest BCUT2D eigenvalue weighted by Gasteiger charge is -2.10. The van der Waals surface area contributed by atoms with E-state index in [1.165, 1.54) is 0 Å². The molecule has 114 valence electrons. The van der Waals surface area contributed by atoms with E-state index in [0.717, 1.165) is 0 Å². The fourth-order valence-electron chi connectivity index (χ4n) is 1.98. The number of anilines is 1. The van der Waals surface area contributed by atoms with Gasteiger partial charge < -0.3 is 10.2 Å². The summed E-state index contributed by atoms with van der Waals surface area (Å²) in [5.74, 6) is -0.261. The number of carbonyl (C=O) groups excluding carboxylic acids is 2. The molecule has 0 fully saturated rings. The van der Waals surface area contributed by atoms with Gasteiger partial charge in [0.05, 0.1) is 6.54 Å². The Labute approximate surface area is 134 Å². The summed E-state index contributed by atoms with van der Waals surface area (Å²) in [5.41, 5.74) is 1.62. The van der Waals surface area contributed by atoms with Crippen LogP contribution in [0.25, 0.3) is 0 Å². The van der Waals surface area contributed by atoms with Crippen molar-refractivity contribution in [3.05, 3.63) is 64.7 Å². The van der Waals surface area contributed by atoms with Gasteiger partial charge in [0.25, 0.3) is 5.91 Å². The van der Waals surface area contributed by atoms with Crippen molar-refractivity contribution in [3.8, 4) is 0 Å². The minimum atomic E-state index is -0.264. The molecule has 4 nitrogen and oxygen atoms in total. The Morgan fingerprint density at radius 1 is 1.05 bits per heavy atom. The van der Waals surface area contributed by atoms with Crippen molar-refractivity contribution >= 4 is 29.0 Å². The zero-order valence-electron chi connectivity index (χ0n) is 12.5. The minimum Gasteiger partial charge on any atom is -0.322 e. The van der Waals surface area contributed by atoms with Gasteiger partial charge >= 0.3 is 0 Å². The second-order valence-corrected chi connectivity index (χ2v) is 5.64. The Morgan fingerprint density at radius 2 is 1.73 bits per heavy atom. The fraction of sp³-hybridized carbons (Fsp3) is 0.176. The molecule has 0 unspecified atom stereocenters. The number of nitrogens with zero attached hydrogens (tertiary/aromatic N) is 1. The number of amides is 1. The molecule has 0 spiro atoms. The number of benzene rings is 2. The highest BCUT2D eigenvalue weighted by atomic mass is 35.5. The fourth-order valence-corrected chi connectivity index (χ4v) is 2.17. The standard InChI is InChI=1S/C17H17ClN2O2/c1-20(2)11-16(21)12-5-4-8-15(10-12)19-17(22)13-6-3-7-14(18)9-13/h3-10H,11H2,1-2H3,(H,19,22). The molecule has 0 aromatic heterocycles. The molecule has 22 heavy (non-hydrogen) atoms. The van der Waals surface area contributed by atoms with E-state index in [2.05, 4.69) is 5.32 Å². The van der Waals surface area contributed by atoms with Crippen molar-refractivity contribution in [3.63, 3.8) is 0 Å². The molecular weight excluding hydrogens is 300 g/mol. The van der Waals surface area contributed by atoms with E-state index < -0.39 is 0 Å². The molecular formula is C17H17ClN2O2. The molecule has 0 aliphatic heterocycles. The number of hydrogen-bond donors (Lipinski definition) is 1. The SMILES string of the molecule is CN(C)CC(=O)c1cccc(NC(=O)c2cccc(Cl)c2)c1. The van der Waals surface area contributed by atoms with Gasteiger partial charge in [-0.2, -0.15) is 0 Å². The number of rotatable bonds is 5. The molecule has 2 aromatic carbocycles. The molecule has 2 rings (SSSR count). The lowest BCUT2D eigenvalue weighted by molar-refractivity contribution is 0.0956. The molecule has 0 aliphatic carbocycles. The third-order valence-electron chi connectivity index (χ3n) is 2.99. The molecule has 1 N–H and O–H groups in total. The van der Waals surface area contributed by atoms with E-state index in [-0.39, 0.29) is 11.7 Å². The topological polar surface area (TPSA) is 49.4 Å². The Balaban J connectivity index is 2.13. The van der Waals surface area contributed by atoms with E-state index in [0.29, 0.717) is 28.4 Å². The normalized spacial score (nSPS) is 10.5. The second kappa shape index (κ2) is 7.20. The first kappa shape index (κ1) is 16.2. The maximum Gasteiger partial charge on any atom is 0.255 e. The van der Waals surface area contributed by atoms with Gasteiger partial charge in [-0.1, -0.05) is 29.8 Å². The third kappa shape index (κ3) is 4.41. The third-order valence-corrected chi connectivity index (χ3v) is 3.22. The van der Waals surface area contributed by atoms with Crippen LogP contribution in [0.15, 0.2) is 48.5 Å². The van der Waals surface area contributed by atoms with E-state index in [9.17, 15) is 9.59 Å². The number of hydrogen-bond acceptors (Lipinski definition) is 3. The summed E-state index contributed by atoms with van der Waals surface area (Å²) in [6.45, 7) is 0.325. The van der Waals surface area contributed by atoms with Crippen LogP contribution in [0.5, 0.6) is 0 Å². The number of carbonyl (C=O) groups is 2. The first-order valence-electron chi connectivity index (χ1n) is 6.80. The first-order chi connectivity index (χ1) is 10.5. The molecule has 0 heterocycles. The number of nitrogens with one attached hydrogen (secondary N) is 1. The molecule has 0 radical (unpaired) electrons. The van der Waals surface area contributed by atoms with Crippen molar-refractivity contribution in [1.29, 1.82) is 0 Å². The van der Waals surface area contributed by atoms with Crippen LogP contribution in [0, 0.1) is 0 Å². The molecule has 0 aliphatic rings. The largest absolute Gasteiger partial charge is 0.322 e. The zero-order valence-corrected chi connectivity index (χ0v) is 13.2. The maximum absolute atomic E-state index is 12.2. The van der Waals surface area contributed by atoms with Gasteiger partial charge in [0.1, 0.15) is 0 Å². The predicted molar refractivity (Wildman–Crippen MR) is 88.7 cm³/mol.